The van der Waals surface area contributed by atoms with Gasteiger partial charge < -0.3 is 21.3 Å². The first-order valence-electron chi connectivity index (χ1n) is 10.9. The molecule has 1 aromatic carbocycles. The molecule has 0 bridgehead atoms. The maximum Gasteiger partial charge on any atom is 0.322 e. The summed E-state index contributed by atoms with van der Waals surface area (Å²) in [5.41, 5.74) is 7.75. The van der Waals surface area contributed by atoms with Crippen molar-refractivity contribution in [2.24, 2.45) is 5.73 Å². The summed E-state index contributed by atoms with van der Waals surface area (Å²) in [6.45, 7) is -0.0654. The van der Waals surface area contributed by atoms with Crippen LogP contribution in [0.5, 0.6) is 0 Å². The summed E-state index contributed by atoms with van der Waals surface area (Å²) >= 11 is 1.44. The van der Waals surface area contributed by atoms with Gasteiger partial charge in [0.1, 0.15) is 11.5 Å². The molecule has 2 aliphatic carbocycles. The number of benzene rings is 1. The minimum atomic E-state index is -0.510. The first kappa shape index (κ1) is 21.4. The number of thiophene rings is 1. The molecule has 31 heavy (non-hydrogen) atoms. The summed E-state index contributed by atoms with van der Waals surface area (Å²) < 4.78 is 0. The van der Waals surface area contributed by atoms with Gasteiger partial charge in [0.25, 0.3) is 5.91 Å². The van der Waals surface area contributed by atoms with Gasteiger partial charge in [-0.05, 0) is 56.2 Å². The molecule has 164 valence electrons. The third-order valence-electron chi connectivity index (χ3n) is 6.04. The van der Waals surface area contributed by atoms with Crippen molar-refractivity contribution in [3.05, 3.63) is 46.3 Å². The number of carbonyl (C=O) groups is 3. The second-order valence-electron chi connectivity index (χ2n) is 8.19. The van der Waals surface area contributed by atoms with Crippen LogP contribution in [0.3, 0.4) is 0 Å². The Bertz CT molecular complexity index is 967. The molecule has 0 radical (unpaired) electrons. The summed E-state index contributed by atoms with van der Waals surface area (Å²) in [5, 5.41) is 6.29. The zero-order chi connectivity index (χ0) is 21.8. The lowest BCUT2D eigenvalue weighted by atomic mass is 9.95. The molecular weight excluding hydrogens is 412 g/mol. The van der Waals surface area contributed by atoms with Crippen LogP contribution in [0.2, 0.25) is 0 Å². The van der Waals surface area contributed by atoms with Gasteiger partial charge in [0.05, 0.1) is 5.56 Å². The van der Waals surface area contributed by atoms with Crippen LogP contribution in [0.25, 0.3) is 0 Å². The van der Waals surface area contributed by atoms with Gasteiger partial charge in [-0.2, -0.15) is 0 Å². The zero-order valence-electron chi connectivity index (χ0n) is 17.5. The van der Waals surface area contributed by atoms with Crippen molar-refractivity contribution in [2.45, 2.75) is 57.4 Å². The SMILES string of the molecule is NC(=O)c1c(NC(=O)CN(C(=O)Nc2ccccc2)C2CCCC2)sc2c1CCCC2. The average Bonchev–Trinajstić information content (AvgIpc) is 3.40. The van der Waals surface area contributed by atoms with E-state index in [1.165, 1.54) is 11.3 Å². The highest BCUT2D eigenvalue weighted by Gasteiger charge is 2.30. The molecule has 2 aromatic rings. The van der Waals surface area contributed by atoms with Gasteiger partial charge in [0.15, 0.2) is 0 Å². The number of nitrogens with two attached hydrogens (primary N) is 1. The van der Waals surface area contributed by atoms with E-state index in [2.05, 4.69) is 10.6 Å². The smallest absolute Gasteiger partial charge is 0.322 e. The molecule has 8 heteroatoms. The van der Waals surface area contributed by atoms with E-state index >= 15 is 0 Å². The van der Waals surface area contributed by atoms with Crippen molar-refractivity contribution in [1.29, 1.82) is 0 Å². The first-order chi connectivity index (χ1) is 15.0. The number of nitrogens with zero attached hydrogens (tertiary/aromatic N) is 1. The van der Waals surface area contributed by atoms with E-state index in [0.29, 0.717) is 16.3 Å². The third kappa shape index (κ3) is 4.90. The standard InChI is InChI=1S/C23H28N4O3S/c24-21(29)20-17-12-6-7-13-18(17)31-22(20)26-19(28)14-27(16-10-4-5-11-16)23(30)25-15-8-2-1-3-9-15/h1-3,8-9,16H,4-7,10-14H2,(H2,24,29)(H,25,30)(H,26,28). The summed E-state index contributed by atoms with van der Waals surface area (Å²) in [6.07, 6.45) is 7.68. The number of urea groups is 1. The second-order valence-corrected chi connectivity index (χ2v) is 9.29. The van der Waals surface area contributed by atoms with E-state index in [1.807, 2.05) is 30.3 Å². The molecule has 1 fully saturated rings. The van der Waals surface area contributed by atoms with E-state index in [4.69, 9.17) is 5.73 Å². The molecule has 1 aromatic heterocycles. The van der Waals surface area contributed by atoms with Crippen LogP contribution in [0, 0.1) is 0 Å². The van der Waals surface area contributed by atoms with Crippen molar-refractivity contribution in [3.63, 3.8) is 0 Å². The Morgan fingerprint density at radius 3 is 2.42 bits per heavy atom. The van der Waals surface area contributed by atoms with E-state index in [9.17, 15) is 14.4 Å². The van der Waals surface area contributed by atoms with Gasteiger partial charge in [-0.15, -0.1) is 11.3 Å². The highest BCUT2D eigenvalue weighted by atomic mass is 32.1. The largest absolute Gasteiger partial charge is 0.365 e. The number of fused-ring (bicyclic) bond motifs is 1. The van der Waals surface area contributed by atoms with Crippen LogP contribution in [-0.4, -0.2) is 35.3 Å². The Hall–Kier alpha value is -2.87. The first-order valence-corrected chi connectivity index (χ1v) is 11.7. The van der Waals surface area contributed by atoms with E-state index in [1.54, 1.807) is 4.90 Å². The van der Waals surface area contributed by atoms with Crippen molar-refractivity contribution in [1.82, 2.24) is 4.90 Å². The van der Waals surface area contributed by atoms with Crippen LogP contribution in [0.15, 0.2) is 30.3 Å². The molecule has 0 atom stereocenters. The molecule has 4 amide bonds. The summed E-state index contributed by atoms with van der Waals surface area (Å²) in [7, 11) is 0. The van der Waals surface area contributed by atoms with Crippen LogP contribution < -0.4 is 16.4 Å². The number of amides is 4. The van der Waals surface area contributed by atoms with E-state index in [0.717, 1.165) is 61.8 Å². The number of carbonyl (C=O) groups excluding carboxylic acids is 3. The Morgan fingerprint density at radius 2 is 1.71 bits per heavy atom. The quantitative estimate of drug-likeness (QED) is 0.629. The number of hydrogen-bond donors (Lipinski definition) is 3. The van der Waals surface area contributed by atoms with Gasteiger partial charge in [-0.3, -0.25) is 9.59 Å². The Balaban J connectivity index is 1.50. The number of primary amides is 1. The van der Waals surface area contributed by atoms with Crippen LogP contribution >= 0.6 is 11.3 Å². The molecule has 4 rings (SSSR count). The van der Waals surface area contributed by atoms with Crippen LogP contribution in [-0.2, 0) is 17.6 Å². The zero-order valence-corrected chi connectivity index (χ0v) is 18.3. The lowest BCUT2D eigenvalue weighted by Gasteiger charge is -2.28. The molecule has 2 aliphatic rings. The monoisotopic (exact) mass is 440 g/mol. The van der Waals surface area contributed by atoms with Crippen LogP contribution in [0.1, 0.15) is 59.3 Å². The van der Waals surface area contributed by atoms with Gasteiger partial charge >= 0.3 is 6.03 Å². The number of anilines is 2. The number of rotatable bonds is 6. The number of aryl methyl sites for hydroxylation is 1. The average molecular weight is 441 g/mol. The Morgan fingerprint density at radius 1 is 1.00 bits per heavy atom. The fraction of sp³-hybridized carbons (Fsp3) is 0.435. The van der Waals surface area contributed by atoms with E-state index < -0.39 is 5.91 Å². The highest BCUT2D eigenvalue weighted by molar-refractivity contribution is 7.17. The Labute approximate surface area is 186 Å². The highest BCUT2D eigenvalue weighted by Crippen LogP contribution is 2.38. The summed E-state index contributed by atoms with van der Waals surface area (Å²) in [5.74, 6) is -0.819. The molecule has 0 unspecified atom stereocenters. The molecule has 0 spiro atoms. The number of hydrogen-bond acceptors (Lipinski definition) is 4. The van der Waals surface area contributed by atoms with Gasteiger partial charge in [0, 0.05) is 16.6 Å². The van der Waals surface area contributed by atoms with Crippen LogP contribution in [0.4, 0.5) is 15.5 Å². The number of nitrogens with one attached hydrogen (secondary N) is 2. The minimum absolute atomic E-state index is 0.0293. The normalized spacial score (nSPS) is 15.9. The summed E-state index contributed by atoms with van der Waals surface area (Å²) in [4.78, 5) is 40.8. The van der Waals surface area contributed by atoms with Gasteiger partial charge in [-0.1, -0.05) is 31.0 Å². The molecular formula is C23H28N4O3S. The minimum Gasteiger partial charge on any atom is -0.365 e. The maximum atomic E-state index is 13.0. The van der Waals surface area contributed by atoms with Gasteiger partial charge in [0.2, 0.25) is 5.91 Å². The molecule has 7 nitrogen and oxygen atoms in total. The Kier molecular flexibility index (Phi) is 6.56. The molecule has 4 N–H and O–H groups in total. The second kappa shape index (κ2) is 9.51. The lowest BCUT2D eigenvalue weighted by molar-refractivity contribution is -0.117. The van der Waals surface area contributed by atoms with Crippen molar-refractivity contribution < 1.29 is 14.4 Å². The predicted octanol–water partition coefficient (Wildman–Crippen LogP) is 4.14. The summed E-state index contributed by atoms with van der Waals surface area (Å²) in [6, 6.07) is 8.98. The van der Waals surface area contributed by atoms with Crippen molar-refractivity contribution >= 4 is 39.9 Å². The van der Waals surface area contributed by atoms with E-state index in [-0.39, 0.29) is 24.5 Å². The molecule has 0 saturated heterocycles. The van der Waals surface area contributed by atoms with Crippen molar-refractivity contribution in [2.75, 3.05) is 17.2 Å². The third-order valence-corrected chi connectivity index (χ3v) is 7.24. The molecule has 1 heterocycles. The maximum absolute atomic E-state index is 13.0. The topological polar surface area (TPSA) is 105 Å². The van der Waals surface area contributed by atoms with Gasteiger partial charge in [-0.25, -0.2) is 4.79 Å². The molecule has 1 saturated carbocycles. The number of para-hydroxylation sites is 1. The van der Waals surface area contributed by atoms with Crippen molar-refractivity contribution in [3.8, 4) is 0 Å². The predicted molar refractivity (Wildman–Crippen MR) is 123 cm³/mol. The molecule has 0 aliphatic heterocycles. The fourth-order valence-corrected chi connectivity index (χ4v) is 5.85. The fourth-order valence-electron chi connectivity index (χ4n) is 4.53. The lowest BCUT2D eigenvalue weighted by Crippen LogP contribution is -2.46.